The molecule has 0 radical (unpaired) electrons. The molecule has 0 unspecified atom stereocenters. The molecular formula is C25H18N4O3S. The van der Waals surface area contributed by atoms with E-state index >= 15 is 0 Å². The van der Waals surface area contributed by atoms with Crippen LogP contribution in [0.3, 0.4) is 0 Å². The Morgan fingerprint density at radius 3 is 2.52 bits per heavy atom. The van der Waals surface area contributed by atoms with Crippen molar-refractivity contribution in [1.29, 1.82) is 0 Å². The van der Waals surface area contributed by atoms with Gasteiger partial charge in [0.05, 0.1) is 17.0 Å². The molecule has 0 N–H and O–H groups in total. The van der Waals surface area contributed by atoms with Crippen LogP contribution >= 0.6 is 11.3 Å². The van der Waals surface area contributed by atoms with Crippen LogP contribution in [0.25, 0.3) is 27.4 Å². The molecule has 2 heterocycles. The highest BCUT2D eigenvalue weighted by molar-refractivity contribution is 7.10. The monoisotopic (exact) mass is 454 g/mol. The lowest BCUT2D eigenvalue weighted by Gasteiger charge is -2.05. The molecule has 0 saturated carbocycles. The molecule has 5 aromatic rings. The zero-order valence-electron chi connectivity index (χ0n) is 17.9. The molecule has 162 valence electrons. The summed E-state index contributed by atoms with van der Waals surface area (Å²) in [4.78, 5) is 25.0. The molecule has 33 heavy (non-hydrogen) atoms. The summed E-state index contributed by atoms with van der Waals surface area (Å²) in [6.45, 7) is 3.16. The van der Waals surface area contributed by atoms with Gasteiger partial charge in [0.15, 0.2) is 10.8 Å². The van der Waals surface area contributed by atoms with Crippen LogP contribution in [0.2, 0.25) is 0 Å². The summed E-state index contributed by atoms with van der Waals surface area (Å²) >= 11 is 1.14. The fourth-order valence-electron chi connectivity index (χ4n) is 3.52. The van der Waals surface area contributed by atoms with Crippen LogP contribution in [0.15, 0.2) is 92.2 Å². The molecule has 0 fully saturated rings. The average molecular weight is 455 g/mol. The maximum absolute atomic E-state index is 12.7. The van der Waals surface area contributed by atoms with E-state index in [0.29, 0.717) is 26.7 Å². The number of para-hydroxylation sites is 1. The van der Waals surface area contributed by atoms with E-state index in [1.807, 2.05) is 60.7 Å². The molecule has 5 rings (SSSR count). The molecule has 8 heteroatoms. The second-order valence-electron chi connectivity index (χ2n) is 7.42. The summed E-state index contributed by atoms with van der Waals surface area (Å²) in [6, 6.07) is 22.8. The fraction of sp³-hybridized carbons (Fsp3) is 0.0800. The minimum atomic E-state index is -0.487. The van der Waals surface area contributed by atoms with E-state index in [-0.39, 0.29) is 5.78 Å². The smallest absolute Gasteiger partial charge is 0.345 e. The standard InChI is InChI=1S/C25H18N4O3S/c1-15(20-14-21-19-11-7-6-8-17(19)12-13-22(21)32-24(20)31)26-27-25-29(18-9-4-3-5-10-18)28-23(33-25)16(2)30/h3-14H,1-2H3/b26-15+,27-25+. The van der Waals surface area contributed by atoms with E-state index < -0.39 is 5.63 Å². The summed E-state index contributed by atoms with van der Waals surface area (Å²) in [5.74, 6) is -0.158. The third-order valence-electron chi connectivity index (χ3n) is 5.18. The minimum Gasteiger partial charge on any atom is -0.422 e. The number of carbonyl (C=O) groups is 1. The lowest BCUT2D eigenvalue weighted by atomic mass is 10.0. The number of ketones is 1. The first kappa shape index (κ1) is 20.7. The van der Waals surface area contributed by atoms with Crippen molar-refractivity contribution in [2.24, 2.45) is 10.2 Å². The van der Waals surface area contributed by atoms with Gasteiger partial charge in [0, 0.05) is 12.3 Å². The van der Waals surface area contributed by atoms with Crippen molar-refractivity contribution in [3.63, 3.8) is 0 Å². The maximum Gasteiger partial charge on any atom is 0.345 e. The molecule has 2 aromatic heterocycles. The number of benzene rings is 3. The van der Waals surface area contributed by atoms with Gasteiger partial charge in [0.25, 0.3) is 0 Å². The second kappa shape index (κ2) is 8.40. The molecule has 0 amide bonds. The molecule has 0 aliphatic heterocycles. The first-order valence-electron chi connectivity index (χ1n) is 10.2. The number of hydrogen-bond donors (Lipinski definition) is 0. The highest BCUT2D eigenvalue weighted by atomic mass is 32.1. The highest BCUT2D eigenvalue weighted by Gasteiger charge is 2.12. The largest absolute Gasteiger partial charge is 0.422 e. The summed E-state index contributed by atoms with van der Waals surface area (Å²) < 4.78 is 7.13. The Labute approximate surface area is 192 Å². The fourth-order valence-corrected chi connectivity index (χ4v) is 4.28. The highest BCUT2D eigenvalue weighted by Crippen LogP contribution is 2.25. The maximum atomic E-state index is 12.7. The molecular weight excluding hydrogens is 436 g/mol. The number of rotatable bonds is 4. The number of aromatic nitrogens is 2. The van der Waals surface area contributed by atoms with Crippen LogP contribution in [0.1, 0.15) is 29.2 Å². The van der Waals surface area contributed by atoms with Crippen molar-refractivity contribution >= 4 is 44.6 Å². The lowest BCUT2D eigenvalue weighted by molar-refractivity contribution is 0.101. The van der Waals surface area contributed by atoms with Gasteiger partial charge in [0.2, 0.25) is 4.80 Å². The van der Waals surface area contributed by atoms with E-state index in [0.717, 1.165) is 33.2 Å². The van der Waals surface area contributed by atoms with Gasteiger partial charge in [-0.3, -0.25) is 4.79 Å². The first-order valence-corrected chi connectivity index (χ1v) is 11.0. The van der Waals surface area contributed by atoms with E-state index in [2.05, 4.69) is 15.3 Å². The molecule has 0 aliphatic carbocycles. The summed E-state index contributed by atoms with van der Waals surface area (Å²) in [5, 5.41) is 16.2. The molecule has 0 saturated heterocycles. The number of nitrogens with zero attached hydrogens (tertiary/aromatic N) is 4. The number of carbonyl (C=O) groups excluding carboxylic acids is 1. The van der Waals surface area contributed by atoms with Crippen LogP contribution in [-0.4, -0.2) is 21.3 Å². The Hall–Kier alpha value is -4.17. The Balaban J connectivity index is 1.66. The number of fused-ring (bicyclic) bond motifs is 3. The molecule has 7 nitrogen and oxygen atoms in total. The summed E-state index contributed by atoms with van der Waals surface area (Å²) in [7, 11) is 0. The van der Waals surface area contributed by atoms with Gasteiger partial charge in [-0.05, 0) is 42.0 Å². The van der Waals surface area contributed by atoms with Gasteiger partial charge in [0.1, 0.15) is 5.58 Å². The van der Waals surface area contributed by atoms with E-state index in [1.54, 1.807) is 23.7 Å². The minimum absolute atomic E-state index is 0.158. The normalized spacial score (nSPS) is 12.5. The van der Waals surface area contributed by atoms with Crippen LogP contribution in [0, 0.1) is 0 Å². The Bertz CT molecular complexity index is 1680. The van der Waals surface area contributed by atoms with Crippen LogP contribution < -0.4 is 10.4 Å². The third-order valence-corrected chi connectivity index (χ3v) is 6.18. The predicted octanol–water partition coefficient (Wildman–Crippen LogP) is 4.72. The molecule has 0 bridgehead atoms. The van der Waals surface area contributed by atoms with E-state index in [9.17, 15) is 9.59 Å². The topological polar surface area (TPSA) is 89.8 Å². The van der Waals surface area contributed by atoms with E-state index in [4.69, 9.17) is 4.42 Å². The van der Waals surface area contributed by atoms with Crippen molar-refractivity contribution in [2.45, 2.75) is 13.8 Å². The van der Waals surface area contributed by atoms with Crippen LogP contribution in [0.4, 0.5) is 0 Å². The number of Topliss-reactive ketones (excluding diaryl/α,β-unsaturated/α-hetero) is 1. The zero-order chi connectivity index (χ0) is 22.9. The van der Waals surface area contributed by atoms with Crippen molar-refractivity contribution in [3.05, 3.63) is 98.6 Å². The third kappa shape index (κ3) is 3.92. The Morgan fingerprint density at radius 1 is 0.970 bits per heavy atom. The summed E-state index contributed by atoms with van der Waals surface area (Å²) in [5.41, 5.74) is 1.51. The second-order valence-corrected chi connectivity index (χ2v) is 8.38. The van der Waals surface area contributed by atoms with Crippen LogP contribution in [-0.2, 0) is 0 Å². The molecule has 0 spiro atoms. The SMILES string of the molecule is CC(=O)c1nn(-c2ccccc2)/c(=N\N=C(/C)c2cc3c(ccc4ccccc43)oc2=O)s1. The average Bonchev–Trinajstić information content (AvgIpc) is 3.27. The quantitative estimate of drug-likeness (QED) is 0.129. The molecule has 0 aliphatic rings. The van der Waals surface area contributed by atoms with Crippen molar-refractivity contribution in [3.8, 4) is 5.69 Å². The van der Waals surface area contributed by atoms with Crippen molar-refractivity contribution in [1.82, 2.24) is 9.78 Å². The van der Waals surface area contributed by atoms with E-state index in [1.165, 1.54) is 6.92 Å². The van der Waals surface area contributed by atoms with Crippen molar-refractivity contribution < 1.29 is 9.21 Å². The van der Waals surface area contributed by atoms with Gasteiger partial charge < -0.3 is 4.42 Å². The Kier molecular flexibility index (Phi) is 5.27. The number of hydrogen-bond acceptors (Lipinski definition) is 7. The Morgan fingerprint density at radius 2 is 1.73 bits per heavy atom. The van der Waals surface area contributed by atoms with Gasteiger partial charge in [-0.25, -0.2) is 9.48 Å². The van der Waals surface area contributed by atoms with Crippen LogP contribution in [0.5, 0.6) is 0 Å². The molecule has 0 atom stereocenters. The van der Waals surface area contributed by atoms with Crippen molar-refractivity contribution in [2.75, 3.05) is 0 Å². The first-order chi connectivity index (χ1) is 16.0. The van der Waals surface area contributed by atoms with Gasteiger partial charge in [-0.2, -0.15) is 10.2 Å². The summed E-state index contributed by atoms with van der Waals surface area (Å²) in [6.07, 6.45) is 0. The van der Waals surface area contributed by atoms with Gasteiger partial charge >= 0.3 is 5.63 Å². The lowest BCUT2D eigenvalue weighted by Crippen LogP contribution is -2.15. The predicted molar refractivity (Wildman–Crippen MR) is 129 cm³/mol. The molecule has 3 aromatic carbocycles. The van der Waals surface area contributed by atoms with Gasteiger partial charge in [-0.15, -0.1) is 5.10 Å². The zero-order valence-corrected chi connectivity index (χ0v) is 18.7. The van der Waals surface area contributed by atoms with Gasteiger partial charge in [-0.1, -0.05) is 59.9 Å².